The Morgan fingerprint density at radius 1 is 0.717 bits per heavy atom. The van der Waals surface area contributed by atoms with Crippen LogP contribution in [0, 0.1) is 0 Å². The molecule has 6 N–H and O–H groups in total. The van der Waals surface area contributed by atoms with Crippen LogP contribution < -0.4 is 20.9 Å². The predicted octanol–water partition coefficient (Wildman–Crippen LogP) is 4.66. The van der Waals surface area contributed by atoms with Crippen LogP contribution in [0.4, 0.5) is 0 Å². The summed E-state index contributed by atoms with van der Waals surface area (Å²) in [7, 11) is 3.05. The van der Waals surface area contributed by atoms with Crippen LogP contribution >= 0.6 is 23.2 Å². The van der Waals surface area contributed by atoms with E-state index in [9.17, 15) is 4.79 Å². The molecule has 17 nitrogen and oxygen atoms in total. The second-order valence-electron chi connectivity index (χ2n) is 11.7. The smallest absolute Gasteiger partial charge is 0.252 e. The van der Waals surface area contributed by atoms with Crippen LogP contribution in [-0.4, -0.2) is 80.5 Å². The summed E-state index contributed by atoms with van der Waals surface area (Å²) < 4.78 is 15.7. The molecule has 4 aromatic heterocycles. The van der Waals surface area contributed by atoms with E-state index in [1.807, 2.05) is 28.8 Å². The fourth-order valence-electron chi connectivity index (χ4n) is 6.57. The van der Waals surface area contributed by atoms with Gasteiger partial charge in [-0.3, -0.25) is 4.79 Å². The molecule has 266 valence electrons. The molecule has 8 rings (SSSR count). The van der Waals surface area contributed by atoms with Crippen molar-refractivity contribution in [2.75, 3.05) is 14.2 Å². The van der Waals surface area contributed by atoms with E-state index in [0.717, 1.165) is 11.1 Å². The molecular formula is C34H28Cl2N14O3. The third-order valence-electron chi connectivity index (χ3n) is 8.89. The lowest BCUT2D eigenvalue weighted by molar-refractivity contribution is 0.0997. The zero-order valence-electron chi connectivity index (χ0n) is 28.0. The summed E-state index contributed by atoms with van der Waals surface area (Å²) in [5, 5.41) is 30.4. The Hall–Kier alpha value is -6.43. The molecule has 19 heteroatoms. The van der Waals surface area contributed by atoms with E-state index in [1.54, 1.807) is 43.5 Å². The number of carbonyl (C=O) groups excluding carboxylic acids is 1. The fourth-order valence-corrected chi connectivity index (χ4v) is 6.92. The van der Waals surface area contributed by atoms with Gasteiger partial charge in [0.15, 0.2) is 11.5 Å². The molecule has 1 amide bonds. The van der Waals surface area contributed by atoms with Gasteiger partial charge in [0.25, 0.3) is 5.91 Å². The molecule has 0 bridgehead atoms. The molecule has 0 atom stereocenters. The first-order valence-electron chi connectivity index (χ1n) is 16.0. The highest BCUT2D eigenvalue weighted by atomic mass is 35.5. The summed E-state index contributed by atoms with van der Waals surface area (Å²) in [5.74, 6) is 1.90. The Kier molecular flexibility index (Phi) is 8.65. The molecule has 4 aromatic carbocycles. The Bertz CT molecular complexity index is 2650. The van der Waals surface area contributed by atoms with E-state index < -0.39 is 5.91 Å². The lowest BCUT2D eigenvalue weighted by Gasteiger charge is -2.16. The number of ether oxygens (including phenoxy) is 2. The maximum Gasteiger partial charge on any atom is 0.252 e. The largest absolute Gasteiger partial charge is 0.494 e. The van der Waals surface area contributed by atoms with Gasteiger partial charge in [-0.2, -0.15) is 10.4 Å². The van der Waals surface area contributed by atoms with Gasteiger partial charge in [0.2, 0.25) is 11.6 Å². The monoisotopic (exact) mass is 750 g/mol. The molecule has 8 aromatic rings. The zero-order valence-corrected chi connectivity index (χ0v) is 29.5. The molecule has 0 spiro atoms. The summed E-state index contributed by atoms with van der Waals surface area (Å²) >= 11 is 13.0. The molecule has 4 heterocycles. The van der Waals surface area contributed by atoms with Crippen LogP contribution in [0.3, 0.4) is 0 Å². The van der Waals surface area contributed by atoms with Crippen molar-refractivity contribution in [1.82, 2.24) is 60.4 Å². The number of aromatic amines is 2. The highest BCUT2D eigenvalue weighted by molar-refractivity contribution is 6.31. The number of hydrogen-bond acceptors (Lipinski definition) is 12. The predicted molar refractivity (Wildman–Crippen MR) is 196 cm³/mol. The van der Waals surface area contributed by atoms with Gasteiger partial charge >= 0.3 is 0 Å². The fraction of sp³-hybridized carbons (Fsp3) is 0.147. The number of primary amides is 1. The van der Waals surface area contributed by atoms with Crippen molar-refractivity contribution < 1.29 is 14.3 Å². The molecule has 0 saturated carbocycles. The van der Waals surface area contributed by atoms with Crippen LogP contribution in [0.1, 0.15) is 15.9 Å². The van der Waals surface area contributed by atoms with Gasteiger partial charge in [-0.15, -0.1) is 20.4 Å². The van der Waals surface area contributed by atoms with Gasteiger partial charge in [-0.25, -0.2) is 9.97 Å². The first-order chi connectivity index (χ1) is 25.8. The quantitative estimate of drug-likeness (QED) is 0.141. The molecule has 0 saturated heterocycles. The second-order valence-corrected chi connectivity index (χ2v) is 12.6. The number of amides is 1. The van der Waals surface area contributed by atoms with E-state index in [0.29, 0.717) is 91.0 Å². The van der Waals surface area contributed by atoms with Gasteiger partial charge in [0.1, 0.15) is 22.7 Å². The van der Waals surface area contributed by atoms with E-state index >= 15 is 0 Å². The lowest BCUT2D eigenvalue weighted by Crippen LogP contribution is -2.13. The van der Waals surface area contributed by atoms with Crippen molar-refractivity contribution in [2.24, 2.45) is 11.5 Å². The Morgan fingerprint density at radius 2 is 1.23 bits per heavy atom. The van der Waals surface area contributed by atoms with E-state index in [4.69, 9.17) is 54.1 Å². The SMILES string of the molecule is COc1c(CN)ccc2c1nc(-c1ccc(Cl)cc1-c1nn[nH]n1)n2CCn1c(-c2ccc(Cl)cc2-c2nn[nH]n2)nc2c(OC)c(C(N)=O)ccc21. The summed E-state index contributed by atoms with van der Waals surface area (Å²) in [6, 6.07) is 18.0. The second kappa shape index (κ2) is 13.6. The molecular weight excluding hydrogens is 723 g/mol. The van der Waals surface area contributed by atoms with Crippen LogP contribution in [0.2, 0.25) is 10.0 Å². The number of hydrogen-bond donors (Lipinski definition) is 4. The van der Waals surface area contributed by atoms with E-state index in [1.165, 1.54) is 7.11 Å². The van der Waals surface area contributed by atoms with E-state index in [-0.39, 0.29) is 17.9 Å². The van der Waals surface area contributed by atoms with Gasteiger partial charge < -0.3 is 30.1 Å². The zero-order chi connectivity index (χ0) is 36.8. The average Bonchev–Trinajstić information content (AvgIpc) is 4.00. The highest BCUT2D eigenvalue weighted by Gasteiger charge is 2.26. The first kappa shape index (κ1) is 33.7. The van der Waals surface area contributed by atoms with Crippen LogP contribution in [0.15, 0.2) is 60.7 Å². The number of tetrazole rings is 2. The van der Waals surface area contributed by atoms with Crippen LogP contribution in [-0.2, 0) is 19.6 Å². The van der Waals surface area contributed by atoms with Crippen molar-refractivity contribution in [3.8, 4) is 57.1 Å². The number of H-pyrrole nitrogens is 2. The minimum Gasteiger partial charge on any atom is -0.494 e. The number of halogens is 2. The number of fused-ring (bicyclic) bond motifs is 2. The molecule has 0 aliphatic carbocycles. The number of nitrogens with zero attached hydrogens (tertiary/aromatic N) is 10. The third kappa shape index (κ3) is 5.76. The Labute approximate surface area is 309 Å². The Morgan fingerprint density at radius 3 is 1.68 bits per heavy atom. The molecule has 0 unspecified atom stereocenters. The summed E-state index contributed by atoms with van der Waals surface area (Å²) in [6.45, 7) is 0.943. The third-order valence-corrected chi connectivity index (χ3v) is 9.36. The number of nitrogens with two attached hydrogens (primary N) is 2. The summed E-state index contributed by atoms with van der Waals surface area (Å²) in [5.41, 5.74) is 17.9. The van der Waals surface area contributed by atoms with Gasteiger partial charge in [0, 0.05) is 57.5 Å². The maximum atomic E-state index is 12.5. The lowest BCUT2D eigenvalue weighted by atomic mass is 10.1. The minimum absolute atomic E-state index is 0.188. The normalized spacial score (nSPS) is 11.5. The average molecular weight is 752 g/mol. The van der Waals surface area contributed by atoms with Crippen LogP contribution in [0.25, 0.3) is 67.6 Å². The van der Waals surface area contributed by atoms with Crippen molar-refractivity contribution in [3.63, 3.8) is 0 Å². The molecule has 0 fully saturated rings. The molecule has 0 aliphatic rings. The van der Waals surface area contributed by atoms with Crippen molar-refractivity contribution in [3.05, 3.63) is 81.8 Å². The summed E-state index contributed by atoms with van der Waals surface area (Å²) in [6.07, 6.45) is 0. The van der Waals surface area contributed by atoms with Crippen molar-refractivity contribution >= 4 is 51.2 Å². The van der Waals surface area contributed by atoms with Gasteiger partial charge in [0.05, 0.1) is 30.8 Å². The number of nitrogens with one attached hydrogen (secondary N) is 2. The molecule has 0 radical (unpaired) electrons. The number of benzene rings is 4. The standard InChI is InChI=1S/C34H28Cl2N14O3/c1-52-28-16(15-37)3-9-24-26(28)39-33(19-6-4-17(35)13-22(19)31-41-45-46-42-31)49(24)11-12-50-25-10-8-21(30(38)51)29(53-2)27(25)40-34(50)20-7-5-18(36)14-23(20)32-43-47-48-44-32/h3-10,13-14H,11-12,15,37H2,1-2H3,(H2,38,51)(H,41,42,45,46)(H,43,44,47,48). The van der Waals surface area contributed by atoms with E-state index in [2.05, 4.69) is 45.8 Å². The van der Waals surface area contributed by atoms with Gasteiger partial charge in [-0.1, -0.05) is 29.3 Å². The number of aryl methyl sites for hydroxylation is 2. The van der Waals surface area contributed by atoms with Crippen molar-refractivity contribution in [1.29, 1.82) is 0 Å². The minimum atomic E-state index is -0.653. The molecule has 0 aliphatic heterocycles. The number of methoxy groups -OCH3 is 2. The number of carbonyl (C=O) groups is 1. The number of aromatic nitrogens is 12. The van der Waals surface area contributed by atoms with Crippen molar-refractivity contribution in [2.45, 2.75) is 19.6 Å². The van der Waals surface area contributed by atoms with Gasteiger partial charge in [-0.05, 0) is 65.0 Å². The van der Waals surface area contributed by atoms with Crippen LogP contribution in [0.5, 0.6) is 11.5 Å². The number of imidazole rings is 2. The summed E-state index contributed by atoms with van der Waals surface area (Å²) in [4.78, 5) is 22.6. The molecule has 53 heavy (non-hydrogen) atoms. The first-order valence-corrected chi connectivity index (χ1v) is 16.8. The number of rotatable bonds is 11. The Balaban J connectivity index is 1.36. The highest BCUT2D eigenvalue weighted by Crippen LogP contribution is 2.40. The topological polar surface area (TPSA) is 232 Å². The maximum absolute atomic E-state index is 12.5.